The zero-order valence-corrected chi connectivity index (χ0v) is 10.8. The van der Waals surface area contributed by atoms with Crippen LogP contribution in [0, 0.1) is 5.92 Å². The average molecular weight is 250 g/mol. The Balaban J connectivity index is 1.90. The van der Waals surface area contributed by atoms with E-state index in [-0.39, 0.29) is 11.2 Å². The molecule has 1 aliphatic rings. The van der Waals surface area contributed by atoms with E-state index in [1.807, 2.05) is 36.6 Å². The summed E-state index contributed by atoms with van der Waals surface area (Å²) in [7, 11) is 0. The first kappa shape index (κ1) is 12.5. The molecule has 0 aromatic heterocycles. The Morgan fingerprint density at radius 1 is 1.47 bits per heavy atom. The maximum absolute atomic E-state index is 12.1. The van der Waals surface area contributed by atoms with Gasteiger partial charge >= 0.3 is 0 Å². The third-order valence-corrected chi connectivity index (χ3v) is 3.96. The van der Waals surface area contributed by atoms with E-state index in [1.165, 1.54) is 0 Å². The van der Waals surface area contributed by atoms with E-state index in [0.717, 1.165) is 25.2 Å². The number of amides is 1. The van der Waals surface area contributed by atoms with Gasteiger partial charge in [0.15, 0.2) is 0 Å². The fraction of sp³-hybridized carbons (Fsp3) is 0.462. The molecular formula is C13H18N2OS. The summed E-state index contributed by atoms with van der Waals surface area (Å²) in [6, 6.07) is 9.93. The SMILES string of the molecule is CSC(C(=O)NCC1CNC1)c1ccccc1. The Hall–Kier alpha value is -1.00. The number of carbonyl (C=O) groups is 1. The molecule has 0 saturated carbocycles. The first-order valence-corrected chi connectivity index (χ1v) is 7.16. The highest BCUT2D eigenvalue weighted by Gasteiger charge is 2.22. The van der Waals surface area contributed by atoms with E-state index in [0.29, 0.717) is 5.92 Å². The van der Waals surface area contributed by atoms with Gasteiger partial charge in [-0.25, -0.2) is 0 Å². The normalized spacial score (nSPS) is 17.2. The number of carbonyl (C=O) groups excluding carboxylic acids is 1. The van der Waals surface area contributed by atoms with Gasteiger partial charge in [-0.05, 0) is 11.8 Å². The van der Waals surface area contributed by atoms with E-state index in [4.69, 9.17) is 0 Å². The molecule has 1 fully saturated rings. The van der Waals surface area contributed by atoms with Crippen LogP contribution in [0.25, 0.3) is 0 Å². The van der Waals surface area contributed by atoms with E-state index >= 15 is 0 Å². The van der Waals surface area contributed by atoms with Crippen LogP contribution in [0.3, 0.4) is 0 Å². The average Bonchev–Trinajstić information content (AvgIpc) is 2.29. The number of nitrogens with one attached hydrogen (secondary N) is 2. The second-order valence-corrected chi connectivity index (χ2v) is 5.24. The molecule has 0 spiro atoms. The largest absolute Gasteiger partial charge is 0.354 e. The lowest BCUT2D eigenvalue weighted by Crippen LogP contribution is -2.48. The van der Waals surface area contributed by atoms with Crippen LogP contribution in [0.2, 0.25) is 0 Å². The Labute approximate surface area is 106 Å². The molecule has 1 aromatic carbocycles. The lowest BCUT2D eigenvalue weighted by Gasteiger charge is -2.27. The van der Waals surface area contributed by atoms with Crippen LogP contribution in [-0.2, 0) is 4.79 Å². The molecule has 0 aliphatic carbocycles. The molecule has 1 unspecified atom stereocenters. The molecule has 1 atom stereocenters. The number of thioether (sulfide) groups is 1. The van der Waals surface area contributed by atoms with Gasteiger partial charge < -0.3 is 10.6 Å². The van der Waals surface area contributed by atoms with E-state index in [1.54, 1.807) is 11.8 Å². The van der Waals surface area contributed by atoms with Gasteiger partial charge in [0.2, 0.25) is 5.91 Å². The predicted molar refractivity (Wildman–Crippen MR) is 72.1 cm³/mol. The summed E-state index contributed by atoms with van der Waals surface area (Å²) in [5, 5.41) is 6.14. The standard InChI is InChI=1S/C13H18N2OS/c1-17-12(11-5-3-2-4-6-11)13(16)15-9-10-7-14-8-10/h2-6,10,12,14H,7-9H2,1H3,(H,15,16). The van der Waals surface area contributed by atoms with Crippen molar-refractivity contribution in [3.05, 3.63) is 35.9 Å². The van der Waals surface area contributed by atoms with Crippen LogP contribution in [0.5, 0.6) is 0 Å². The van der Waals surface area contributed by atoms with Crippen molar-refractivity contribution in [3.8, 4) is 0 Å². The lowest BCUT2D eigenvalue weighted by atomic mass is 10.0. The van der Waals surface area contributed by atoms with Crippen molar-refractivity contribution in [2.45, 2.75) is 5.25 Å². The van der Waals surface area contributed by atoms with Crippen molar-refractivity contribution >= 4 is 17.7 Å². The Kier molecular flexibility index (Phi) is 4.45. The molecule has 3 nitrogen and oxygen atoms in total. The molecule has 2 rings (SSSR count). The minimum Gasteiger partial charge on any atom is -0.354 e. The molecule has 0 radical (unpaired) electrons. The zero-order chi connectivity index (χ0) is 12.1. The van der Waals surface area contributed by atoms with Crippen molar-refractivity contribution in [2.24, 2.45) is 5.92 Å². The molecule has 2 N–H and O–H groups in total. The zero-order valence-electron chi connectivity index (χ0n) is 9.98. The van der Waals surface area contributed by atoms with Gasteiger partial charge in [0.05, 0.1) is 0 Å². The van der Waals surface area contributed by atoms with Crippen molar-refractivity contribution in [2.75, 3.05) is 25.9 Å². The molecule has 17 heavy (non-hydrogen) atoms. The number of hydrogen-bond donors (Lipinski definition) is 2. The van der Waals surface area contributed by atoms with Crippen molar-refractivity contribution in [1.29, 1.82) is 0 Å². The topological polar surface area (TPSA) is 41.1 Å². The molecule has 1 aromatic rings. The summed E-state index contributed by atoms with van der Waals surface area (Å²) in [6.45, 7) is 2.83. The minimum atomic E-state index is -0.0933. The third-order valence-electron chi connectivity index (χ3n) is 3.01. The summed E-state index contributed by atoms with van der Waals surface area (Å²) in [5.41, 5.74) is 1.07. The summed E-state index contributed by atoms with van der Waals surface area (Å²) < 4.78 is 0. The Bertz CT molecular complexity index is 365. The van der Waals surface area contributed by atoms with E-state index in [9.17, 15) is 4.79 Å². The highest BCUT2D eigenvalue weighted by molar-refractivity contribution is 7.99. The predicted octanol–water partition coefficient (Wildman–Crippen LogP) is 1.43. The third kappa shape index (κ3) is 3.23. The molecule has 0 bridgehead atoms. The number of benzene rings is 1. The van der Waals surface area contributed by atoms with Gasteiger partial charge in [0.1, 0.15) is 5.25 Å². The quantitative estimate of drug-likeness (QED) is 0.830. The van der Waals surface area contributed by atoms with Crippen LogP contribution in [-0.4, -0.2) is 31.8 Å². The van der Waals surface area contributed by atoms with Gasteiger partial charge in [0, 0.05) is 25.6 Å². The Morgan fingerprint density at radius 3 is 2.71 bits per heavy atom. The lowest BCUT2D eigenvalue weighted by molar-refractivity contribution is -0.120. The number of rotatable bonds is 5. The molecule has 1 saturated heterocycles. The molecule has 4 heteroatoms. The summed E-state index contributed by atoms with van der Waals surface area (Å²) >= 11 is 1.58. The highest BCUT2D eigenvalue weighted by Crippen LogP contribution is 2.26. The van der Waals surface area contributed by atoms with Crippen molar-refractivity contribution in [1.82, 2.24) is 10.6 Å². The van der Waals surface area contributed by atoms with E-state index in [2.05, 4.69) is 10.6 Å². The fourth-order valence-electron chi connectivity index (χ4n) is 1.85. The monoisotopic (exact) mass is 250 g/mol. The van der Waals surface area contributed by atoms with Gasteiger partial charge in [-0.15, -0.1) is 11.8 Å². The van der Waals surface area contributed by atoms with Crippen LogP contribution in [0.4, 0.5) is 0 Å². The maximum Gasteiger partial charge on any atom is 0.237 e. The minimum absolute atomic E-state index is 0.0933. The van der Waals surface area contributed by atoms with Crippen LogP contribution in [0.1, 0.15) is 10.8 Å². The van der Waals surface area contributed by atoms with Crippen LogP contribution in [0.15, 0.2) is 30.3 Å². The summed E-state index contributed by atoms with van der Waals surface area (Å²) in [6.07, 6.45) is 1.97. The molecular weight excluding hydrogens is 232 g/mol. The van der Waals surface area contributed by atoms with Gasteiger partial charge in [-0.3, -0.25) is 4.79 Å². The first-order valence-electron chi connectivity index (χ1n) is 5.87. The molecule has 92 valence electrons. The fourth-order valence-corrected chi connectivity index (χ4v) is 2.58. The van der Waals surface area contributed by atoms with E-state index < -0.39 is 0 Å². The smallest absolute Gasteiger partial charge is 0.237 e. The number of hydrogen-bond acceptors (Lipinski definition) is 3. The second-order valence-electron chi connectivity index (χ2n) is 4.30. The van der Waals surface area contributed by atoms with Crippen LogP contribution >= 0.6 is 11.8 Å². The van der Waals surface area contributed by atoms with Gasteiger partial charge in [0.25, 0.3) is 0 Å². The highest BCUT2D eigenvalue weighted by atomic mass is 32.2. The van der Waals surface area contributed by atoms with Crippen molar-refractivity contribution < 1.29 is 4.79 Å². The molecule has 1 heterocycles. The Morgan fingerprint density at radius 2 is 2.18 bits per heavy atom. The summed E-state index contributed by atoms with van der Waals surface area (Å²) in [5.74, 6) is 0.729. The second kappa shape index (κ2) is 6.07. The van der Waals surface area contributed by atoms with Gasteiger partial charge in [-0.2, -0.15) is 0 Å². The maximum atomic E-state index is 12.1. The van der Waals surface area contributed by atoms with Crippen molar-refractivity contribution in [3.63, 3.8) is 0 Å². The molecule has 1 amide bonds. The van der Waals surface area contributed by atoms with Crippen LogP contribution < -0.4 is 10.6 Å². The summed E-state index contributed by atoms with van der Waals surface area (Å²) in [4.78, 5) is 12.1. The molecule has 1 aliphatic heterocycles. The van der Waals surface area contributed by atoms with Gasteiger partial charge in [-0.1, -0.05) is 30.3 Å². The first-order chi connectivity index (χ1) is 8.31.